The molecule has 0 aliphatic heterocycles. The van der Waals surface area contributed by atoms with Crippen LogP contribution in [0.3, 0.4) is 0 Å². The molecule has 0 heterocycles. The van der Waals surface area contributed by atoms with Gasteiger partial charge in [-0.05, 0) is 44.7 Å². The zero-order valence-electron chi connectivity index (χ0n) is 10.5. The van der Waals surface area contributed by atoms with Gasteiger partial charge in [0.1, 0.15) is 0 Å². The number of benzene rings is 1. The van der Waals surface area contributed by atoms with E-state index in [-0.39, 0.29) is 6.04 Å². The number of nitrogens with one attached hydrogen (secondary N) is 1. The van der Waals surface area contributed by atoms with E-state index in [9.17, 15) is 0 Å². The molecule has 0 saturated heterocycles. The third-order valence-electron chi connectivity index (χ3n) is 2.87. The number of aryl methyl sites for hydroxylation is 2. The molecule has 0 aliphatic carbocycles. The first-order valence-electron chi connectivity index (χ1n) is 5.72. The van der Waals surface area contributed by atoms with Crippen LogP contribution in [0.15, 0.2) is 30.4 Å². The van der Waals surface area contributed by atoms with Gasteiger partial charge in [0.05, 0.1) is 0 Å². The summed E-state index contributed by atoms with van der Waals surface area (Å²) in [6.07, 6.45) is 2.00. The summed E-state index contributed by atoms with van der Waals surface area (Å²) >= 11 is 0. The number of hydrazine groups is 1. The molecule has 1 aromatic rings. The van der Waals surface area contributed by atoms with Crippen molar-refractivity contribution >= 4 is 0 Å². The Bertz CT molecular complexity index is 369. The van der Waals surface area contributed by atoms with Gasteiger partial charge in [-0.25, -0.2) is 0 Å². The Kier molecular flexibility index (Phi) is 4.71. The number of allylic oxidation sites excluding steroid dienone is 1. The largest absolute Gasteiger partial charge is 0.271 e. The van der Waals surface area contributed by atoms with Crippen molar-refractivity contribution in [3.05, 3.63) is 47.0 Å². The number of hydrogen-bond donors (Lipinski definition) is 2. The number of rotatable bonds is 5. The van der Waals surface area contributed by atoms with Crippen molar-refractivity contribution in [3.63, 3.8) is 0 Å². The summed E-state index contributed by atoms with van der Waals surface area (Å²) in [5, 5.41) is 0. The van der Waals surface area contributed by atoms with Crippen LogP contribution in [0.1, 0.15) is 42.5 Å². The Morgan fingerprint density at radius 2 is 2.12 bits per heavy atom. The molecule has 2 nitrogen and oxygen atoms in total. The first-order valence-corrected chi connectivity index (χ1v) is 5.72. The molecule has 0 aliphatic rings. The maximum absolute atomic E-state index is 5.63. The Labute approximate surface area is 98.5 Å². The first kappa shape index (κ1) is 12.9. The van der Waals surface area contributed by atoms with Gasteiger partial charge in [-0.1, -0.05) is 29.3 Å². The molecule has 0 spiro atoms. The predicted octanol–water partition coefficient (Wildman–Crippen LogP) is 3.16. The van der Waals surface area contributed by atoms with Crippen LogP contribution in [0.4, 0.5) is 0 Å². The van der Waals surface area contributed by atoms with Crippen molar-refractivity contribution in [3.8, 4) is 0 Å². The average Bonchev–Trinajstić information content (AvgIpc) is 2.23. The molecule has 1 rings (SSSR count). The minimum absolute atomic E-state index is 0.219. The van der Waals surface area contributed by atoms with E-state index in [1.807, 2.05) is 0 Å². The van der Waals surface area contributed by atoms with Gasteiger partial charge in [0.25, 0.3) is 0 Å². The lowest BCUT2D eigenvalue weighted by Gasteiger charge is -2.19. The fourth-order valence-electron chi connectivity index (χ4n) is 1.85. The summed E-state index contributed by atoms with van der Waals surface area (Å²) in [4.78, 5) is 0. The van der Waals surface area contributed by atoms with E-state index in [4.69, 9.17) is 5.84 Å². The Morgan fingerprint density at radius 1 is 1.44 bits per heavy atom. The Hall–Kier alpha value is -1.12. The lowest BCUT2D eigenvalue weighted by atomic mass is 9.95. The van der Waals surface area contributed by atoms with Crippen LogP contribution < -0.4 is 11.3 Å². The van der Waals surface area contributed by atoms with Gasteiger partial charge in [0.2, 0.25) is 0 Å². The third kappa shape index (κ3) is 3.47. The highest BCUT2D eigenvalue weighted by Crippen LogP contribution is 2.23. The molecule has 2 heteroatoms. The summed E-state index contributed by atoms with van der Waals surface area (Å²) in [5.74, 6) is 5.63. The van der Waals surface area contributed by atoms with Gasteiger partial charge in [-0.15, -0.1) is 6.58 Å². The fourth-order valence-corrected chi connectivity index (χ4v) is 1.85. The molecule has 0 bridgehead atoms. The molecule has 1 atom stereocenters. The summed E-state index contributed by atoms with van der Waals surface area (Å²) in [6, 6.07) is 6.70. The van der Waals surface area contributed by atoms with Gasteiger partial charge in [-0.3, -0.25) is 11.3 Å². The van der Waals surface area contributed by atoms with Gasteiger partial charge in [0.15, 0.2) is 0 Å². The minimum Gasteiger partial charge on any atom is -0.271 e. The Morgan fingerprint density at radius 3 is 2.69 bits per heavy atom. The maximum Gasteiger partial charge on any atom is 0.0465 e. The predicted molar refractivity (Wildman–Crippen MR) is 70.0 cm³/mol. The van der Waals surface area contributed by atoms with E-state index in [2.05, 4.69) is 51.0 Å². The van der Waals surface area contributed by atoms with Crippen LogP contribution in [0, 0.1) is 13.8 Å². The highest BCUT2D eigenvalue weighted by molar-refractivity contribution is 5.33. The number of hydrogen-bond acceptors (Lipinski definition) is 2. The van der Waals surface area contributed by atoms with Crippen molar-refractivity contribution in [2.24, 2.45) is 5.84 Å². The van der Waals surface area contributed by atoms with E-state index >= 15 is 0 Å². The Balaban J connectivity index is 2.85. The quantitative estimate of drug-likeness (QED) is 0.452. The van der Waals surface area contributed by atoms with Crippen LogP contribution in [-0.4, -0.2) is 0 Å². The standard InChI is InChI=1S/C14H22N2/c1-10(2)5-8-14(16-15)13-9-11(3)6-7-12(13)4/h6-7,9,14,16H,1,5,8,15H2,2-4H3. The smallest absolute Gasteiger partial charge is 0.0465 e. The molecule has 0 amide bonds. The molecule has 88 valence electrons. The van der Waals surface area contributed by atoms with Gasteiger partial charge < -0.3 is 0 Å². The molecular formula is C14H22N2. The highest BCUT2D eigenvalue weighted by atomic mass is 15.2. The molecule has 3 N–H and O–H groups in total. The summed E-state index contributed by atoms with van der Waals surface area (Å²) in [7, 11) is 0. The zero-order chi connectivity index (χ0) is 12.1. The van der Waals surface area contributed by atoms with Crippen molar-refractivity contribution in [1.82, 2.24) is 5.43 Å². The van der Waals surface area contributed by atoms with E-state index in [1.165, 1.54) is 22.3 Å². The third-order valence-corrected chi connectivity index (χ3v) is 2.87. The molecule has 0 saturated carbocycles. The van der Waals surface area contributed by atoms with E-state index in [0.717, 1.165) is 12.8 Å². The van der Waals surface area contributed by atoms with Crippen molar-refractivity contribution < 1.29 is 0 Å². The lowest BCUT2D eigenvalue weighted by Crippen LogP contribution is -2.28. The van der Waals surface area contributed by atoms with Gasteiger partial charge >= 0.3 is 0 Å². The van der Waals surface area contributed by atoms with E-state index in [1.54, 1.807) is 0 Å². The molecule has 0 aromatic heterocycles. The van der Waals surface area contributed by atoms with Crippen LogP contribution in [0.25, 0.3) is 0 Å². The van der Waals surface area contributed by atoms with Crippen LogP contribution in [0.2, 0.25) is 0 Å². The van der Waals surface area contributed by atoms with Crippen molar-refractivity contribution in [1.29, 1.82) is 0 Å². The van der Waals surface area contributed by atoms with Crippen molar-refractivity contribution in [2.45, 2.75) is 39.7 Å². The fraction of sp³-hybridized carbons (Fsp3) is 0.429. The van der Waals surface area contributed by atoms with E-state index < -0.39 is 0 Å². The molecular weight excluding hydrogens is 196 g/mol. The van der Waals surface area contributed by atoms with Crippen molar-refractivity contribution in [2.75, 3.05) is 0 Å². The molecule has 1 unspecified atom stereocenters. The monoisotopic (exact) mass is 218 g/mol. The highest BCUT2D eigenvalue weighted by Gasteiger charge is 2.11. The van der Waals surface area contributed by atoms with Gasteiger partial charge in [-0.2, -0.15) is 0 Å². The summed E-state index contributed by atoms with van der Waals surface area (Å²) in [6.45, 7) is 10.2. The maximum atomic E-state index is 5.63. The summed E-state index contributed by atoms with van der Waals surface area (Å²) in [5.41, 5.74) is 7.96. The molecule has 0 fully saturated rings. The topological polar surface area (TPSA) is 38.0 Å². The van der Waals surface area contributed by atoms with E-state index in [0.29, 0.717) is 0 Å². The summed E-state index contributed by atoms with van der Waals surface area (Å²) < 4.78 is 0. The molecule has 16 heavy (non-hydrogen) atoms. The first-order chi connectivity index (χ1) is 7.54. The second-order valence-electron chi connectivity index (χ2n) is 4.58. The normalized spacial score (nSPS) is 12.5. The molecule has 1 aromatic carbocycles. The van der Waals surface area contributed by atoms with Crippen LogP contribution in [0.5, 0.6) is 0 Å². The zero-order valence-corrected chi connectivity index (χ0v) is 10.5. The second kappa shape index (κ2) is 5.83. The lowest BCUT2D eigenvalue weighted by molar-refractivity contribution is 0.513. The molecule has 0 radical (unpaired) electrons. The van der Waals surface area contributed by atoms with Crippen LogP contribution in [-0.2, 0) is 0 Å². The SMILES string of the molecule is C=C(C)CCC(NN)c1cc(C)ccc1C. The number of nitrogens with two attached hydrogens (primary N) is 1. The van der Waals surface area contributed by atoms with Gasteiger partial charge in [0, 0.05) is 6.04 Å². The second-order valence-corrected chi connectivity index (χ2v) is 4.58. The average molecular weight is 218 g/mol. The van der Waals surface area contributed by atoms with Crippen LogP contribution >= 0.6 is 0 Å². The minimum atomic E-state index is 0.219.